The van der Waals surface area contributed by atoms with E-state index < -0.39 is 11.7 Å². The lowest BCUT2D eigenvalue weighted by Gasteiger charge is -2.36. The summed E-state index contributed by atoms with van der Waals surface area (Å²) in [5.74, 6) is 0.304. The first-order chi connectivity index (χ1) is 9.78. The van der Waals surface area contributed by atoms with Crippen molar-refractivity contribution < 1.29 is 14.3 Å². The van der Waals surface area contributed by atoms with Crippen LogP contribution in [0.15, 0.2) is 24.3 Å². The highest BCUT2D eigenvalue weighted by Crippen LogP contribution is 2.33. The second-order valence-corrected chi connectivity index (χ2v) is 6.84. The van der Waals surface area contributed by atoms with Crippen molar-refractivity contribution in [2.24, 2.45) is 5.92 Å². The molecule has 4 heteroatoms. The quantitative estimate of drug-likeness (QED) is 0.901. The average molecular weight is 291 g/mol. The normalized spacial score (nSPS) is 21.8. The van der Waals surface area contributed by atoms with Crippen LogP contribution < -0.4 is 5.32 Å². The summed E-state index contributed by atoms with van der Waals surface area (Å²) in [6.45, 7) is 10.4. The van der Waals surface area contributed by atoms with Gasteiger partial charge in [0.05, 0.1) is 18.8 Å². The van der Waals surface area contributed by atoms with Crippen LogP contribution in [-0.2, 0) is 16.1 Å². The van der Waals surface area contributed by atoms with Gasteiger partial charge in [0.25, 0.3) is 0 Å². The largest absolute Gasteiger partial charge is 0.444 e. The van der Waals surface area contributed by atoms with Gasteiger partial charge in [-0.1, -0.05) is 38.1 Å². The smallest absolute Gasteiger partial charge is 0.408 e. The Bertz CT molecular complexity index is 505. The van der Waals surface area contributed by atoms with Crippen LogP contribution in [0.25, 0.3) is 0 Å². The highest BCUT2D eigenvalue weighted by atomic mass is 16.6. The van der Waals surface area contributed by atoms with E-state index in [1.165, 1.54) is 0 Å². The van der Waals surface area contributed by atoms with Crippen molar-refractivity contribution in [1.29, 1.82) is 0 Å². The lowest BCUT2D eigenvalue weighted by Crippen LogP contribution is -2.44. The summed E-state index contributed by atoms with van der Waals surface area (Å²) >= 11 is 0. The molecule has 1 heterocycles. The van der Waals surface area contributed by atoms with Crippen LogP contribution >= 0.6 is 0 Å². The van der Waals surface area contributed by atoms with Crippen LogP contribution in [0.1, 0.15) is 51.8 Å². The number of alkyl carbamates (subject to hydrolysis) is 1. The molecule has 4 nitrogen and oxygen atoms in total. The molecule has 2 unspecified atom stereocenters. The monoisotopic (exact) mass is 291 g/mol. The van der Waals surface area contributed by atoms with E-state index in [4.69, 9.17) is 9.47 Å². The molecule has 2 rings (SSSR count). The Balaban J connectivity index is 2.22. The third kappa shape index (κ3) is 3.97. The molecule has 116 valence electrons. The molecule has 1 amide bonds. The fraction of sp³-hybridized carbons (Fsp3) is 0.588. The number of amides is 1. The van der Waals surface area contributed by atoms with Crippen LogP contribution in [0.4, 0.5) is 4.79 Å². The molecule has 1 aromatic rings. The van der Waals surface area contributed by atoms with Gasteiger partial charge in [0, 0.05) is 0 Å². The molecule has 2 atom stereocenters. The number of carbonyl (C=O) groups is 1. The number of nitrogens with one attached hydrogen (secondary N) is 1. The van der Waals surface area contributed by atoms with Gasteiger partial charge in [-0.05, 0) is 37.8 Å². The molecular formula is C17H25NO3. The van der Waals surface area contributed by atoms with Gasteiger partial charge in [-0.25, -0.2) is 4.79 Å². The number of hydrogen-bond donors (Lipinski definition) is 1. The van der Waals surface area contributed by atoms with Gasteiger partial charge in [-0.15, -0.1) is 0 Å². The molecule has 0 aliphatic carbocycles. The lowest BCUT2D eigenvalue weighted by atomic mass is 9.88. The summed E-state index contributed by atoms with van der Waals surface area (Å²) < 4.78 is 11.3. The summed E-state index contributed by atoms with van der Waals surface area (Å²) in [6.07, 6.45) is -0.453. The molecular weight excluding hydrogens is 266 g/mol. The Morgan fingerprint density at radius 2 is 2.00 bits per heavy atom. The predicted octanol–water partition coefficient (Wildman–Crippen LogP) is 3.81. The van der Waals surface area contributed by atoms with Gasteiger partial charge >= 0.3 is 6.09 Å². The van der Waals surface area contributed by atoms with Gasteiger partial charge in [0.1, 0.15) is 5.60 Å². The number of carbonyl (C=O) groups excluding carboxylic acids is 1. The highest BCUT2D eigenvalue weighted by Gasteiger charge is 2.34. The number of hydrogen-bond acceptors (Lipinski definition) is 3. The Kier molecular flexibility index (Phi) is 4.57. The van der Waals surface area contributed by atoms with Crippen LogP contribution in [0.5, 0.6) is 0 Å². The van der Waals surface area contributed by atoms with Gasteiger partial charge in [0.15, 0.2) is 0 Å². The zero-order valence-corrected chi connectivity index (χ0v) is 13.5. The Labute approximate surface area is 126 Å². The minimum atomic E-state index is -0.507. The van der Waals surface area contributed by atoms with Crippen molar-refractivity contribution in [2.75, 3.05) is 0 Å². The van der Waals surface area contributed by atoms with Crippen molar-refractivity contribution in [3.05, 3.63) is 35.4 Å². The van der Waals surface area contributed by atoms with Crippen molar-refractivity contribution in [2.45, 2.75) is 59.0 Å². The van der Waals surface area contributed by atoms with E-state index in [1.54, 1.807) is 0 Å². The molecule has 1 aliphatic heterocycles. The van der Waals surface area contributed by atoms with Crippen molar-refractivity contribution in [1.82, 2.24) is 5.32 Å². The third-order valence-corrected chi connectivity index (χ3v) is 3.48. The van der Waals surface area contributed by atoms with Crippen LogP contribution in [-0.4, -0.2) is 17.8 Å². The zero-order chi connectivity index (χ0) is 15.6. The number of fused-ring (bicyclic) bond motifs is 1. The molecule has 0 spiro atoms. The first kappa shape index (κ1) is 15.8. The number of benzene rings is 1. The van der Waals surface area contributed by atoms with Crippen LogP contribution in [0, 0.1) is 5.92 Å². The summed E-state index contributed by atoms with van der Waals surface area (Å²) in [4.78, 5) is 12.1. The molecule has 0 saturated heterocycles. The van der Waals surface area contributed by atoms with E-state index in [0.29, 0.717) is 12.5 Å². The molecule has 0 saturated carbocycles. The highest BCUT2D eigenvalue weighted by molar-refractivity contribution is 5.68. The zero-order valence-electron chi connectivity index (χ0n) is 13.5. The van der Waals surface area contributed by atoms with Crippen molar-refractivity contribution in [3.8, 4) is 0 Å². The molecule has 1 N–H and O–H groups in total. The molecule has 0 aromatic heterocycles. The first-order valence-corrected chi connectivity index (χ1v) is 7.47. The predicted molar refractivity (Wildman–Crippen MR) is 82.0 cm³/mol. The first-order valence-electron chi connectivity index (χ1n) is 7.47. The number of rotatable bonds is 2. The molecule has 1 aromatic carbocycles. The summed E-state index contributed by atoms with van der Waals surface area (Å²) in [5.41, 5.74) is 1.73. The van der Waals surface area contributed by atoms with E-state index in [1.807, 2.05) is 39.0 Å². The maximum Gasteiger partial charge on any atom is 0.408 e. The Hall–Kier alpha value is -1.55. The fourth-order valence-electron chi connectivity index (χ4n) is 2.60. The van der Waals surface area contributed by atoms with E-state index in [9.17, 15) is 4.79 Å². The van der Waals surface area contributed by atoms with Crippen molar-refractivity contribution >= 4 is 6.09 Å². The van der Waals surface area contributed by atoms with E-state index in [-0.39, 0.29) is 12.1 Å². The van der Waals surface area contributed by atoms with Gasteiger partial charge < -0.3 is 14.8 Å². The lowest BCUT2D eigenvalue weighted by molar-refractivity contribution is -0.0317. The summed E-state index contributed by atoms with van der Waals surface area (Å²) in [6, 6.07) is 7.89. The summed E-state index contributed by atoms with van der Waals surface area (Å²) in [5, 5.41) is 2.98. The van der Waals surface area contributed by atoms with Gasteiger partial charge in [-0.2, -0.15) is 0 Å². The van der Waals surface area contributed by atoms with E-state index in [0.717, 1.165) is 11.1 Å². The standard InChI is InChI=1S/C17H25NO3/c1-11(2)15-14(18-16(19)21-17(3,4)5)13-9-7-6-8-12(13)10-20-15/h6-9,11,14-15H,10H2,1-5H3,(H,18,19). The minimum Gasteiger partial charge on any atom is -0.444 e. The molecule has 0 fully saturated rings. The summed E-state index contributed by atoms with van der Waals surface area (Å²) in [7, 11) is 0. The molecule has 1 aliphatic rings. The molecule has 0 radical (unpaired) electrons. The second kappa shape index (κ2) is 6.06. The number of ether oxygens (including phenoxy) is 2. The topological polar surface area (TPSA) is 47.6 Å². The Morgan fingerprint density at radius 3 is 2.62 bits per heavy atom. The SMILES string of the molecule is CC(C)C1OCc2ccccc2C1NC(=O)OC(C)(C)C. The van der Waals surface area contributed by atoms with Crippen LogP contribution in [0.3, 0.4) is 0 Å². The maximum atomic E-state index is 12.1. The third-order valence-electron chi connectivity index (χ3n) is 3.48. The average Bonchev–Trinajstić information content (AvgIpc) is 2.36. The van der Waals surface area contributed by atoms with E-state index in [2.05, 4.69) is 25.2 Å². The van der Waals surface area contributed by atoms with E-state index >= 15 is 0 Å². The van der Waals surface area contributed by atoms with Gasteiger partial charge in [0.2, 0.25) is 0 Å². The Morgan fingerprint density at radius 1 is 1.33 bits per heavy atom. The van der Waals surface area contributed by atoms with Crippen LogP contribution in [0.2, 0.25) is 0 Å². The van der Waals surface area contributed by atoms with Crippen molar-refractivity contribution in [3.63, 3.8) is 0 Å². The maximum absolute atomic E-state index is 12.1. The molecule has 0 bridgehead atoms. The minimum absolute atomic E-state index is 0.0487. The molecule has 21 heavy (non-hydrogen) atoms. The fourth-order valence-corrected chi connectivity index (χ4v) is 2.60. The van der Waals surface area contributed by atoms with Gasteiger partial charge in [-0.3, -0.25) is 0 Å². The second-order valence-electron chi connectivity index (χ2n) is 6.84.